The van der Waals surface area contributed by atoms with Gasteiger partial charge in [0.25, 0.3) is 0 Å². The molecular weight excluding hydrogens is 285 g/mol. The average molecular weight is 307 g/mol. The molecule has 0 radical (unpaired) electrons. The van der Waals surface area contributed by atoms with E-state index in [1.165, 1.54) is 17.0 Å². The molecule has 1 amide bonds. The van der Waals surface area contributed by atoms with Gasteiger partial charge in [-0.05, 0) is 38.5 Å². The molecule has 1 aromatic rings. The SMILES string of the molecule is CN(CCNCc1ccc(F)c(C#N)c1)C(=O)OC(C)(C)C. The molecule has 1 aromatic carbocycles. The smallest absolute Gasteiger partial charge is 0.410 e. The van der Waals surface area contributed by atoms with Gasteiger partial charge in [0.05, 0.1) is 5.56 Å². The highest BCUT2D eigenvalue weighted by molar-refractivity contribution is 5.67. The summed E-state index contributed by atoms with van der Waals surface area (Å²) in [6, 6.07) is 6.23. The second kappa shape index (κ2) is 7.76. The fraction of sp³-hybridized carbons (Fsp3) is 0.500. The van der Waals surface area contributed by atoms with Gasteiger partial charge in [0.2, 0.25) is 0 Å². The molecule has 22 heavy (non-hydrogen) atoms. The molecule has 0 spiro atoms. The van der Waals surface area contributed by atoms with Gasteiger partial charge in [0.15, 0.2) is 0 Å². The molecule has 0 heterocycles. The van der Waals surface area contributed by atoms with Gasteiger partial charge in [-0.2, -0.15) is 5.26 Å². The Morgan fingerprint density at radius 3 is 2.73 bits per heavy atom. The molecule has 0 aliphatic heterocycles. The second-order valence-corrected chi connectivity index (χ2v) is 6.00. The highest BCUT2D eigenvalue weighted by Gasteiger charge is 2.18. The van der Waals surface area contributed by atoms with Crippen molar-refractivity contribution < 1.29 is 13.9 Å². The first-order valence-corrected chi connectivity index (χ1v) is 7.06. The molecule has 0 fully saturated rings. The number of carbonyl (C=O) groups excluding carboxylic acids is 1. The van der Waals surface area contributed by atoms with Crippen LogP contribution in [0.25, 0.3) is 0 Å². The maximum absolute atomic E-state index is 13.2. The molecule has 120 valence electrons. The molecule has 0 saturated carbocycles. The Bertz CT molecular complexity index is 561. The number of nitriles is 1. The fourth-order valence-electron chi connectivity index (χ4n) is 1.68. The zero-order valence-corrected chi connectivity index (χ0v) is 13.4. The molecule has 6 heteroatoms. The van der Waals surface area contributed by atoms with Crippen molar-refractivity contribution in [1.82, 2.24) is 10.2 Å². The molecule has 0 aliphatic rings. The number of carbonyl (C=O) groups is 1. The lowest BCUT2D eigenvalue weighted by Crippen LogP contribution is -2.37. The monoisotopic (exact) mass is 307 g/mol. The lowest BCUT2D eigenvalue weighted by Gasteiger charge is -2.24. The van der Waals surface area contributed by atoms with Crippen molar-refractivity contribution in [3.8, 4) is 6.07 Å². The molecule has 1 rings (SSSR count). The maximum Gasteiger partial charge on any atom is 0.410 e. The number of halogens is 1. The molecule has 0 aromatic heterocycles. The van der Waals surface area contributed by atoms with Crippen molar-refractivity contribution in [2.24, 2.45) is 0 Å². The van der Waals surface area contributed by atoms with Crippen molar-refractivity contribution >= 4 is 6.09 Å². The highest BCUT2D eigenvalue weighted by atomic mass is 19.1. The van der Waals surface area contributed by atoms with E-state index in [0.29, 0.717) is 19.6 Å². The van der Waals surface area contributed by atoms with Crippen LogP contribution in [-0.2, 0) is 11.3 Å². The summed E-state index contributed by atoms with van der Waals surface area (Å²) in [5.74, 6) is -0.518. The third-order valence-corrected chi connectivity index (χ3v) is 2.81. The molecule has 0 saturated heterocycles. The predicted octanol–water partition coefficient (Wildman–Crippen LogP) is 2.65. The number of nitrogens with one attached hydrogen (secondary N) is 1. The molecule has 0 aliphatic carbocycles. The van der Waals surface area contributed by atoms with E-state index in [1.54, 1.807) is 13.1 Å². The Balaban J connectivity index is 2.36. The summed E-state index contributed by atoms with van der Waals surface area (Å²) in [7, 11) is 1.67. The summed E-state index contributed by atoms with van der Waals surface area (Å²) in [5, 5.41) is 11.9. The Kier molecular flexibility index (Phi) is 6.32. The van der Waals surface area contributed by atoms with Crippen LogP contribution in [0.2, 0.25) is 0 Å². The Morgan fingerprint density at radius 1 is 1.45 bits per heavy atom. The normalized spacial score (nSPS) is 10.9. The zero-order valence-electron chi connectivity index (χ0n) is 13.4. The van der Waals surface area contributed by atoms with Crippen LogP contribution >= 0.6 is 0 Å². The van der Waals surface area contributed by atoms with Gasteiger partial charge in [-0.3, -0.25) is 0 Å². The van der Waals surface area contributed by atoms with Gasteiger partial charge in [0.1, 0.15) is 17.5 Å². The molecule has 0 unspecified atom stereocenters. The number of hydrogen-bond donors (Lipinski definition) is 1. The lowest BCUT2D eigenvalue weighted by atomic mass is 10.1. The van der Waals surface area contributed by atoms with Gasteiger partial charge in [-0.1, -0.05) is 6.07 Å². The molecule has 0 atom stereocenters. The maximum atomic E-state index is 13.2. The number of benzene rings is 1. The topological polar surface area (TPSA) is 65.4 Å². The van der Waals surface area contributed by atoms with Crippen molar-refractivity contribution in [3.05, 3.63) is 35.1 Å². The first-order chi connectivity index (χ1) is 10.2. The van der Waals surface area contributed by atoms with Crippen LogP contribution in [0.15, 0.2) is 18.2 Å². The number of hydrogen-bond acceptors (Lipinski definition) is 4. The highest BCUT2D eigenvalue weighted by Crippen LogP contribution is 2.10. The number of amides is 1. The average Bonchev–Trinajstić information content (AvgIpc) is 2.43. The van der Waals surface area contributed by atoms with E-state index in [-0.39, 0.29) is 11.7 Å². The largest absolute Gasteiger partial charge is 0.444 e. The van der Waals surface area contributed by atoms with E-state index in [1.807, 2.05) is 26.8 Å². The van der Waals surface area contributed by atoms with Gasteiger partial charge >= 0.3 is 6.09 Å². The van der Waals surface area contributed by atoms with Gasteiger partial charge in [0, 0.05) is 26.7 Å². The number of likely N-dealkylation sites (N-methyl/N-ethyl adjacent to an activating group) is 1. The van der Waals surface area contributed by atoms with Crippen LogP contribution in [0.3, 0.4) is 0 Å². The van der Waals surface area contributed by atoms with E-state index in [2.05, 4.69) is 5.32 Å². The minimum Gasteiger partial charge on any atom is -0.444 e. The minimum atomic E-state index is -0.518. The Labute approximate surface area is 130 Å². The zero-order chi connectivity index (χ0) is 16.8. The van der Waals surface area contributed by atoms with Crippen molar-refractivity contribution in [2.75, 3.05) is 20.1 Å². The fourth-order valence-corrected chi connectivity index (χ4v) is 1.68. The number of nitrogens with zero attached hydrogens (tertiary/aromatic N) is 2. The van der Waals surface area contributed by atoms with Crippen LogP contribution in [0, 0.1) is 17.1 Å². The van der Waals surface area contributed by atoms with Crippen molar-refractivity contribution in [1.29, 1.82) is 5.26 Å². The van der Waals surface area contributed by atoms with E-state index in [0.717, 1.165) is 5.56 Å². The van der Waals surface area contributed by atoms with Crippen molar-refractivity contribution in [2.45, 2.75) is 32.9 Å². The molecule has 5 nitrogen and oxygen atoms in total. The summed E-state index contributed by atoms with van der Waals surface area (Å²) in [6.07, 6.45) is -0.372. The summed E-state index contributed by atoms with van der Waals surface area (Å²) < 4.78 is 18.4. The van der Waals surface area contributed by atoms with Gasteiger partial charge in [-0.15, -0.1) is 0 Å². The first-order valence-electron chi connectivity index (χ1n) is 7.06. The van der Waals surface area contributed by atoms with Crippen LogP contribution in [0.4, 0.5) is 9.18 Å². The van der Waals surface area contributed by atoms with Crippen LogP contribution in [0.5, 0.6) is 0 Å². The van der Waals surface area contributed by atoms with Gasteiger partial charge < -0.3 is 15.0 Å². The Hall–Kier alpha value is -2.13. The van der Waals surface area contributed by atoms with E-state index >= 15 is 0 Å². The summed E-state index contributed by atoms with van der Waals surface area (Å²) in [4.78, 5) is 13.2. The molecule has 1 N–H and O–H groups in total. The number of ether oxygens (including phenoxy) is 1. The minimum absolute atomic E-state index is 0.0326. The quantitative estimate of drug-likeness (QED) is 0.849. The van der Waals surface area contributed by atoms with E-state index in [9.17, 15) is 9.18 Å². The lowest BCUT2D eigenvalue weighted by molar-refractivity contribution is 0.0300. The molecular formula is C16H22FN3O2. The third-order valence-electron chi connectivity index (χ3n) is 2.81. The summed E-state index contributed by atoms with van der Waals surface area (Å²) in [5.41, 5.74) is 0.337. The van der Waals surface area contributed by atoms with E-state index < -0.39 is 11.4 Å². The second-order valence-electron chi connectivity index (χ2n) is 6.00. The summed E-state index contributed by atoms with van der Waals surface area (Å²) in [6.45, 7) is 7.00. The third kappa shape index (κ3) is 6.10. The van der Waals surface area contributed by atoms with Crippen molar-refractivity contribution in [3.63, 3.8) is 0 Å². The van der Waals surface area contributed by atoms with Crippen LogP contribution < -0.4 is 5.32 Å². The number of rotatable bonds is 5. The first kappa shape index (κ1) is 17.9. The van der Waals surface area contributed by atoms with E-state index in [4.69, 9.17) is 10.00 Å². The summed E-state index contributed by atoms with van der Waals surface area (Å²) >= 11 is 0. The molecule has 0 bridgehead atoms. The van der Waals surface area contributed by atoms with Crippen LogP contribution in [-0.4, -0.2) is 36.7 Å². The predicted molar refractivity (Wildman–Crippen MR) is 81.7 cm³/mol. The van der Waals surface area contributed by atoms with Gasteiger partial charge in [-0.25, -0.2) is 9.18 Å². The standard InChI is InChI=1S/C16H22FN3O2/c1-16(2,3)22-15(21)20(4)8-7-19-11-12-5-6-14(17)13(9-12)10-18/h5-6,9,19H,7-8,11H2,1-4H3. The Morgan fingerprint density at radius 2 is 2.14 bits per heavy atom. The van der Waals surface area contributed by atoms with Crippen LogP contribution in [0.1, 0.15) is 31.9 Å².